The molecular formula is C18H24N2OS. The van der Waals surface area contributed by atoms with Gasteiger partial charge < -0.3 is 5.32 Å². The Bertz CT molecular complexity index is 635. The smallest absolute Gasteiger partial charge is 0.237 e. The molecule has 1 unspecified atom stereocenters. The summed E-state index contributed by atoms with van der Waals surface area (Å²) in [4.78, 5) is 14.9. The molecule has 3 rings (SSSR count). The summed E-state index contributed by atoms with van der Waals surface area (Å²) in [6.45, 7) is 4.91. The fraction of sp³-hybridized carbons (Fsp3) is 0.500. The Labute approximate surface area is 136 Å². The third-order valence-corrected chi connectivity index (χ3v) is 5.45. The molecule has 0 aliphatic carbocycles. The zero-order valence-electron chi connectivity index (χ0n) is 13.2. The predicted octanol–water partition coefficient (Wildman–Crippen LogP) is 3.78. The number of carbonyl (C=O) groups is 1. The van der Waals surface area contributed by atoms with Gasteiger partial charge in [-0.05, 0) is 54.7 Å². The third-order valence-electron chi connectivity index (χ3n) is 4.44. The van der Waals surface area contributed by atoms with Crippen LogP contribution in [0.1, 0.15) is 38.2 Å². The lowest BCUT2D eigenvalue weighted by Gasteiger charge is -2.34. The lowest BCUT2D eigenvalue weighted by atomic mass is 10.0. The van der Waals surface area contributed by atoms with Crippen molar-refractivity contribution in [2.75, 3.05) is 13.1 Å². The predicted molar refractivity (Wildman–Crippen MR) is 93.2 cm³/mol. The first-order valence-corrected chi connectivity index (χ1v) is 9.14. The SMILES string of the molecule is CCCN1CCCCC1C(=O)NCc1csc2ccccc12. The molecule has 1 aromatic heterocycles. The average molecular weight is 316 g/mol. The Kier molecular flexibility index (Phi) is 5.11. The van der Waals surface area contributed by atoms with Gasteiger partial charge in [-0.1, -0.05) is 31.5 Å². The van der Waals surface area contributed by atoms with Crippen LogP contribution >= 0.6 is 11.3 Å². The van der Waals surface area contributed by atoms with Crippen LogP contribution in [-0.2, 0) is 11.3 Å². The van der Waals surface area contributed by atoms with Crippen molar-refractivity contribution in [2.24, 2.45) is 0 Å². The molecule has 22 heavy (non-hydrogen) atoms. The second-order valence-electron chi connectivity index (χ2n) is 6.02. The molecule has 118 valence electrons. The molecule has 1 aliphatic heterocycles. The number of hydrogen-bond acceptors (Lipinski definition) is 3. The molecule has 1 amide bonds. The van der Waals surface area contributed by atoms with E-state index in [9.17, 15) is 4.79 Å². The standard InChI is InChI=1S/C18H24N2OS/c1-2-10-20-11-6-5-8-16(20)18(21)19-12-14-13-22-17-9-4-3-7-15(14)17/h3-4,7,9,13,16H,2,5-6,8,10-12H2,1H3,(H,19,21). The monoisotopic (exact) mass is 316 g/mol. The van der Waals surface area contributed by atoms with Gasteiger partial charge in [-0.15, -0.1) is 11.3 Å². The van der Waals surface area contributed by atoms with Gasteiger partial charge in [0.15, 0.2) is 0 Å². The summed E-state index contributed by atoms with van der Waals surface area (Å²) in [5, 5.41) is 6.59. The fourth-order valence-corrected chi connectivity index (χ4v) is 4.28. The highest BCUT2D eigenvalue weighted by Crippen LogP contribution is 2.25. The minimum absolute atomic E-state index is 0.0681. The summed E-state index contributed by atoms with van der Waals surface area (Å²) in [6, 6.07) is 8.46. The van der Waals surface area contributed by atoms with Crippen molar-refractivity contribution >= 4 is 27.3 Å². The Balaban J connectivity index is 1.64. The molecule has 2 aromatic rings. The largest absolute Gasteiger partial charge is 0.351 e. The third kappa shape index (κ3) is 3.33. The van der Waals surface area contributed by atoms with Gasteiger partial charge in [0.2, 0.25) is 5.91 Å². The van der Waals surface area contributed by atoms with Crippen LogP contribution in [0.5, 0.6) is 0 Å². The van der Waals surface area contributed by atoms with Crippen molar-refractivity contribution < 1.29 is 4.79 Å². The normalized spacial score (nSPS) is 19.4. The Morgan fingerprint density at radius 1 is 1.36 bits per heavy atom. The van der Waals surface area contributed by atoms with E-state index in [2.05, 4.69) is 46.8 Å². The van der Waals surface area contributed by atoms with E-state index < -0.39 is 0 Å². The van der Waals surface area contributed by atoms with E-state index in [1.54, 1.807) is 11.3 Å². The molecule has 1 fully saturated rings. The van der Waals surface area contributed by atoms with Gasteiger partial charge in [0.25, 0.3) is 0 Å². The highest BCUT2D eigenvalue weighted by atomic mass is 32.1. The van der Waals surface area contributed by atoms with E-state index in [4.69, 9.17) is 0 Å². The lowest BCUT2D eigenvalue weighted by Crippen LogP contribution is -2.49. The number of rotatable bonds is 5. The van der Waals surface area contributed by atoms with Crippen LogP contribution in [-0.4, -0.2) is 29.9 Å². The van der Waals surface area contributed by atoms with Crippen LogP contribution in [0, 0.1) is 0 Å². The summed E-state index contributed by atoms with van der Waals surface area (Å²) in [5.74, 6) is 0.198. The van der Waals surface area contributed by atoms with Gasteiger partial charge in [-0.2, -0.15) is 0 Å². The maximum atomic E-state index is 12.6. The molecule has 1 aliphatic rings. The summed E-state index contributed by atoms with van der Waals surface area (Å²) in [7, 11) is 0. The van der Waals surface area contributed by atoms with Gasteiger partial charge >= 0.3 is 0 Å². The maximum Gasteiger partial charge on any atom is 0.237 e. The zero-order chi connectivity index (χ0) is 15.4. The van der Waals surface area contributed by atoms with Crippen LogP contribution < -0.4 is 5.32 Å². The molecule has 1 saturated heterocycles. The number of carbonyl (C=O) groups excluding carboxylic acids is 1. The zero-order valence-corrected chi connectivity index (χ0v) is 14.0. The Morgan fingerprint density at radius 2 is 2.23 bits per heavy atom. The molecule has 4 heteroatoms. The minimum Gasteiger partial charge on any atom is -0.351 e. The van der Waals surface area contributed by atoms with Gasteiger partial charge in [0.05, 0.1) is 6.04 Å². The van der Waals surface area contributed by atoms with E-state index in [0.717, 1.165) is 25.9 Å². The van der Waals surface area contributed by atoms with Gasteiger partial charge in [0.1, 0.15) is 0 Å². The summed E-state index contributed by atoms with van der Waals surface area (Å²) >= 11 is 1.75. The Hall–Kier alpha value is -1.39. The molecule has 0 bridgehead atoms. The lowest BCUT2D eigenvalue weighted by molar-refractivity contribution is -0.127. The molecule has 0 radical (unpaired) electrons. The topological polar surface area (TPSA) is 32.3 Å². The summed E-state index contributed by atoms with van der Waals surface area (Å²) < 4.78 is 1.29. The molecule has 3 nitrogen and oxygen atoms in total. The van der Waals surface area contributed by atoms with Crippen molar-refractivity contribution in [3.05, 3.63) is 35.2 Å². The highest BCUT2D eigenvalue weighted by molar-refractivity contribution is 7.17. The number of nitrogens with zero attached hydrogens (tertiary/aromatic N) is 1. The molecule has 2 heterocycles. The van der Waals surface area contributed by atoms with Crippen molar-refractivity contribution in [3.8, 4) is 0 Å². The first-order chi connectivity index (χ1) is 10.8. The molecule has 1 atom stereocenters. The van der Waals surface area contributed by atoms with Crippen molar-refractivity contribution in [3.63, 3.8) is 0 Å². The average Bonchev–Trinajstić information content (AvgIpc) is 2.97. The number of nitrogens with one attached hydrogen (secondary N) is 1. The van der Waals surface area contributed by atoms with Crippen LogP contribution in [0.3, 0.4) is 0 Å². The number of benzene rings is 1. The number of likely N-dealkylation sites (tertiary alicyclic amines) is 1. The fourth-order valence-electron chi connectivity index (χ4n) is 3.31. The Morgan fingerprint density at radius 3 is 3.09 bits per heavy atom. The molecule has 0 saturated carbocycles. The molecule has 1 aromatic carbocycles. The van der Waals surface area contributed by atoms with E-state index >= 15 is 0 Å². The van der Waals surface area contributed by atoms with Crippen LogP contribution in [0.15, 0.2) is 29.6 Å². The number of fused-ring (bicyclic) bond motifs is 1. The van der Waals surface area contributed by atoms with Crippen molar-refractivity contribution in [1.29, 1.82) is 0 Å². The maximum absolute atomic E-state index is 12.6. The molecular weight excluding hydrogens is 292 g/mol. The minimum atomic E-state index is 0.0681. The van der Waals surface area contributed by atoms with E-state index in [1.807, 2.05) is 0 Å². The van der Waals surface area contributed by atoms with Gasteiger partial charge in [0, 0.05) is 11.2 Å². The first-order valence-electron chi connectivity index (χ1n) is 8.26. The van der Waals surface area contributed by atoms with Crippen LogP contribution in [0.25, 0.3) is 10.1 Å². The number of thiophene rings is 1. The second kappa shape index (κ2) is 7.25. The number of piperidine rings is 1. The van der Waals surface area contributed by atoms with Crippen molar-refractivity contribution in [2.45, 2.75) is 45.2 Å². The second-order valence-corrected chi connectivity index (χ2v) is 6.93. The van der Waals surface area contributed by atoms with E-state index in [0.29, 0.717) is 6.54 Å². The van der Waals surface area contributed by atoms with Crippen LogP contribution in [0.4, 0.5) is 0 Å². The van der Waals surface area contributed by atoms with Crippen LogP contribution in [0.2, 0.25) is 0 Å². The number of amides is 1. The van der Waals surface area contributed by atoms with E-state index in [1.165, 1.54) is 28.5 Å². The van der Waals surface area contributed by atoms with E-state index in [-0.39, 0.29) is 11.9 Å². The molecule has 1 N–H and O–H groups in total. The van der Waals surface area contributed by atoms with Gasteiger partial charge in [-0.3, -0.25) is 9.69 Å². The summed E-state index contributed by atoms with van der Waals surface area (Å²) in [6.07, 6.45) is 4.49. The quantitative estimate of drug-likeness (QED) is 0.910. The number of hydrogen-bond donors (Lipinski definition) is 1. The molecule has 0 spiro atoms. The summed E-state index contributed by atoms with van der Waals surface area (Å²) in [5.41, 5.74) is 1.23. The highest BCUT2D eigenvalue weighted by Gasteiger charge is 2.27. The van der Waals surface area contributed by atoms with Gasteiger partial charge in [-0.25, -0.2) is 0 Å². The van der Waals surface area contributed by atoms with Crippen molar-refractivity contribution in [1.82, 2.24) is 10.2 Å². The first kappa shape index (κ1) is 15.5.